The van der Waals surface area contributed by atoms with Gasteiger partial charge in [-0.05, 0) is 38.1 Å². The molecule has 6 heteroatoms. The Morgan fingerprint density at radius 1 is 1.25 bits per heavy atom. The highest BCUT2D eigenvalue weighted by atomic mass is 16.5. The summed E-state index contributed by atoms with van der Waals surface area (Å²) in [4.78, 5) is 38.5. The fourth-order valence-electron chi connectivity index (χ4n) is 3.87. The van der Waals surface area contributed by atoms with Crippen LogP contribution < -0.4 is 4.90 Å². The third-order valence-corrected chi connectivity index (χ3v) is 4.97. The Kier molecular flexibility index (Phi) is 3.15. The molecule has 0 spiro atoms. The highest BCUT2D eigenvalue weighted by Crippen LogP contribution is 2.52. The van der Waals surface area contributed by atoms with Crippen LogP contribution in [0.5, 0.6) is 0 Å². The Morgan fingerprint density at radius 3 is 2.58 bits per heavy atom. The molecule has 1 aromatic carbocycles. The molecule has 2 bridgehead atoms. The number of ether oxygens (including phenoxy) is 2. The maximum absolute atomic E-state index is 12.8. The van der Waals surface area contributed by atoms with Crippen molar-refractivity contribution in [2.75, 3.05) is 11.5 Å². The molecule has 124 valence electrons. The molecule has 0 aromatic heterocycles. The number of hydrogen-bond donors (Lipinski definition) is 0. The van der Waals surface area contributed by atoms with E-state index in [1.807, 2.05) is 19.1 Å². The molecule has 0 aliphatic carbocycles. The molecule has 0 radical (unpaired) electrons. The summed E-state index contributed by atoms with van der Waals surface area (Å²) in [5.41, 5.74) is 0.147. The van der Waals surface area contributed by atoms with E-state index >= 15 is 0 Å². The van der Waals surface area contributed by atoms with E-state index in [1.54, 1.807) is 31.2 Å². The van der Waals surface area contributed by atoms with Crippen molar-refractivity contribution >= 4 is 23.5 Å². The molecular weight excluding hydrogens is 310 g/mol. The predicted molar refractivity (Wildman–Crippen MR) is 84.3 cm³/mol. The molecule has 3 heterocycles. The van der Waals surface area contributed by atoms with Crippen molar-refractivity contribution in [3.8, 4) is 0 Å². The van der Waals surface area contributed by atoms with Crippen molar-refractivity contribution in [2.24, 2.45) is 11.8 Å². The zero-order valence-electron chi connectivity index (χ0n) is 13.4. The van der Waals surface area contributed by atoms with Gasteiger partial charge in [-0.3, -0.25) is 9.59 Å². The van der Waals surface area contributed by atoms with Crippen molar-refractivity contribution < 1.29 is 23.9 Å². The predicted octanol–water partition coefficient (Wildman–Crippen LogP) is 1.70. The third kappa shape index (κ3) is 1.89. The SMILES string of the molecule is CCOC(=O)c1ccc(N2C(=O)[C@@H]3[C@@H](C2=O)[C@]2(C)C=C[C@H]3O2)cc1. The molecule has 6 nitrogen and oxygen atoms in total. The summed E-state index contributed by atoms with van der Waals surface area (Å²) in [7, 11) is 0. The molecule has 4 atom stereocenters. The van der Waals surface area contributed by atoms with E-state index in [0.717, 1.165) is 0 Å². The lowest BCUT2D eigenvalue weighted by Gasteiger charge is -2.24. The number of fused-ring (bicyclic) bond motifs is 5. The molecule has 3 aliphatic heterocycles. The highest BCUT2D eigenvalue weighted by Gasteiger charge is 2.65. The first-order valence-electron chi connectivity index (χ1n) is 7.98. The Morgan fingerprint density at radius 2 is 1.96 bits per heavy atom. The standard InChI is InChI=1S/C18H17NO5/c1-3-23-17(22)10-4-6-11(7-5-10)19-15(20)13-12-8-9-18(2,24-12)14(13)16(19)21/h4-9,12-14H,3H2,1-2H3/t12-,13+,14+,18+/m1/s1. The number of carbonyl (C=O) groups is 3. The minimum absolute atomic E-state index is 0.244. The van der Waals surface area contributed by atoms with Gasteiger partial charge in [0.05, 0.1) is 41.4 Å². The Bertz CT molecular complexity index is 768. The number of benzene rings is 1. The van der Waals surface area contributed by atoms with E-state index in [1.165, 1.54) is 4.90 Å². The highest BCUT2D eigenvalue weighted by molar-refractivity contribution is 6.23. The van der Waals surface area contributed by atoms with Crippen LogP contribution in [0.15, 0.2) is 36.4 Å². The first kappa shape index (κ1) is 15.1. The Labute approximate surface area is 139 Å². The van der Waals surface area contributed by atoms with Crippen molar-refractivity contribution in [1.82, 2.24) is 0 Å². The maximum atomic E-state index is 12.8. The van der Waals surface area contributed by atoms with Crippen molar-refractivity contribution in [2.45, 2.75) is 25.6 Å². The number of imide groups is 1. The summed E-state index contributed by atoms with van der Waals surface area (Å²) in [5.74, 6) is -1.86. The van der Waals surface area contributed by atoms with Gasteiger partial charge in [-0.1, -0.05) is 12.2 Å². The molecule has 2 fully saturated rings. The van der Waals surface area contributed by atoms with Gasteiger partial charge in [-0.15, -0.1) is 0 Å². The van der Waals surface area contributed by atoms with Crippen LogP contribution in [0.4, 0.5) is 5.69 Å². The Balaban J connectivity index is 1.63. The normalized spacial score (nSPS) is 33.2. The fourth-order valence-corrected chi connectivity index (χ4v) is 3.87. The van der Waals surface area contributed by atoms with Gasteiger partial charge >= 0.3 is 5.97 Å². The van der Waals surface area contributed by atoms with Gasteiger partial charge in [0.15, 0.2) is 0 Å². The van der Waals surface area contributed by atoms with E-state index in [4.69, 9.17) is 9.47 Å². The lowest BCUT2D eigenvalue weighted by Crippen LogP contribution is -2.38. The minimum atomic E-state index is -0.707. The average molecular weight is 327 g/mol. The second kappa shape index (κ2) is 5.01. The van der Waals surface area contributed by atoms with Gasteiger partial charge in [-0.2, -0.15) is 0 Å². The molecule has 24 heavy (non-hydrogen) atoms. The van der Waals surface area contributed by atoms with E-state index in [9.17, 15) is 14.4 Å². The van der Waals surface area contributed by atoms with Gasteiger partial charge in [0.1, 0.15) is 0 Å². The van der Waals surface area contributed by atoms with Crippen LogP contribution in [-0.2, 0) is 19.1 Å². The van der Waals surface area contributed by atoms with Crippen LogP contribution in [0, 0.1) is 11.8 Å². The number of nitrogens with zero attached hydrogens (tertiary/aromatic N) is 1. The third-order valence-electron chi connectivity index (χ3n) is 4.97. The lowest BCUT2D eigenvalue weighted by molar-refractivity contribution is -0.126. The van der Waals surface area contributed by atoms with Gasteiger partial charge in [0, 0.05) is 0 Å². The summed E-state index contributed by atoms with van der Waals surface area (Å²) >= 11 is 0. The van der Waals surface area contributed by atoms with Crippen LogP contribution in [0.2, 0.25) is 0 Å². The summed E-state index contributed by atoms with van der Waals surface area (Å²) in [6, 6.07) is 6.32. The summed E-state index contributed by atoms with van der Waals surface area (Å²) in [6.07, 6.45) is 3.40. The molecule has 1 aromatic rings. The summed E-state index contributed by atoms with van der Waals surface area (Å²) < 4.78 is 10.7. The molecule has 2 saturated heterocycles. The largest absolute Gasteiger partial charge is 0.462 e. The van der Waals surface area contributed by atoms with Crippen LogP contribution in [0.3, 0.4) is 0 Å². The number of esters is 1. The van der Waals surface area contributed by atoms with Crippen LogP contribution in [-0.4, -0.2) is 36.1 Å². The molecule has 4 rings (SSSR count). The molecular formula is C18H17NO5. The maximum Gasteiger partial charge on any atom is 0.338 e. The van der Waals surface area contributed by atoms with E-state index < -0.39 is 23.4 Å². The smallest absolute Gasteiger partial charge is 0.338 e. The van der Waals surface area contributed by atoms with Crippen LogP contribution >= 0.6 is 0 Å². The molecule has 0 unspecified atom stereocenters. The van der Waals surface area contributed by atoms with Crippen molar-refractivity contribution in [1.29, 1.82) is 0 Å². The second-order valence-electron chi connectivity index (χ2n) is 6.41. The first-order chi connectivity index (χ1) is 11.5. The van der Waals surface area contributed by atoms with Gasteiger partial charge in [-0.25, -0.2) is 9.69 Å². The molecule has 3 aliphatic rings. The zero-order valence-corrected chi connectivity index (χ0v) is 13.4. The number of amides is 2. The summed E-state index contributed by atoms with van der Waals surface area (Å²) in [6.45, 7) is 3.87. The topological polar surface area (TPSA) is 72.9 Å². The second-order valence-corrected chi connectivity index (χ2v) is 6.41. The van der Waals surface area contributed by atoms with Crippen LogP contribution in [0.25, 0.3) is 0 Å². The average Bonchev–Trinajstić information content (AvgIpc) is 3.17. The fraction of sp³-hybridized carbons (Fsp3) is 0.389. The zero-order chi connectivity index (χ0) is 17.1. The van der Waals surface area contributed by atoms with Crippen molar-refractivity contribution in [3.63, 3.8) is 0 Å². The number of rotatable bonds is 3. The molecule has 2 amide bonds. The number of carbonyl (C=O) groups excluding carboxylic acids is 3. The number of hydrogen-bond acceptors (Lipinski definition) is 5. The molecule has 0 saturated carbocycles. The molecule has 0 N–H and O–H groups in total. The minimum Gasteiger partial charge on any atom is -0.462 e. The number of anilines is 1. The Hall–Kier alpha value is -2.47. The summed E-state index contributed by atoms with van der Waals surface area (Å²) in [5, 5.41) is 0. The lowest BCUT2D eigenvalue weighted by atomic mass is 9.78. The van der Waals surface area contributed by atoms with E-state index in [0.29, 0.717) is 17.9 Å². The van der Waals surface area contributed by atoms with Gasteiger partial charge in [0.25, 0.3) is 0 Å². The van der Waals surface area contributed by atoms with E-state index in [2.05, 4.69) is 0 Å². The van der Waals surface area contributed by atoms with Gasteiger partial charge in [0.2, 0.25) is 11.8 Å². The quantitative estimate of drug-likeness (QED) is 0.480. The monoisotopic (exact) mass is 327 g/mol. The van der Waals surface area contributed by atoms with E-state index in [-0.39, 0.29) is 17.9 Å². The van der Waals surface area contributed by atoms with Crippen molar-refractivity contribution in [3.05, 3.63) is 42.0 Å². The van der Waals surface area contributed by atoms with Crippen LogP contribution in [0.1, 0.15) is 24.2 Å². The first-order valence-corrected chi connectivity index (χ1v) is 7.98. The van der Waals surface area contributed by atoms with Gasteiger partial charge < -0.3 is 9.47 Å².